The van der Waals surface area contributed by atoms with E-state index in [1.807, 2.05) is 17.5 Å². The van der Waals surface area contributed by atoms with Gasteiger partial charge in [-0.2, -0.15) is 4.39 Å². The summed E-state index contributed by atoms with van der Waals surface area (Å²) < 4.78 is 13.5. The topological polar surface area (TPSA) is 54.9 Å². The number of nitrogens with zero attached hydrogens (tertiary/aromatic N) is 2. The van der Waals surface area contributed by atoms with Crippen molar-refractivity contribution in [1.29, 1.82) is 0 Å². The predicted molar refractivity (Wildman–Crippen MR) is 79.7 cm³/mol. The van der Waals surface area contributed by atoms with Gasteiger partial charge in [0.15, 0.2) is 0 Å². The van der Waals surface area contributed by atoms with Crippen molar-refractivity contribution in [3.8, 4) is 10.6 Å². The van der Waals surface area contributed by atoms with Crippen molar-refractivity contribution in [2.45, 2.75) is 0 Å². The van der Waals surface area contributed by atoms with Gasteiger partial charge in [-0.15, -0.1) is 11.3 Å². The Labute approximate surface area is 124 Å². The fourth-order valence-corrected chi connectivity index (χ4v) is 2.49. The van der Waals surface area contributed by atoms with Crippen LogP contribution in [0, 0.1) is 5.95 Å². The van der Waals surface area contributed by atoms with Gasteiger partial charge in [0.1, 0.15) is 5.01 Å². The maximum Gasteiger partial charge on any atom is 0.260 e. The quantitative estimate of drug-likeness (QED) is 0.752. The third-order valence-corrected chi connectivity index (χ3v) is 3.63. The number of amides is 1. The van der Waals surface area contributed by atoms with Crippen molar-refractivity contribution in [3.05, 3.63) is 65.7 Å². The van der Waals surface area contributed by atoms with Gasteiger partial charge in [-0.1, -0.05) is 12.1 Å². The van der Waals surface area contributed by atoms with E-state index in [-0.39, 0.29) is 5.56 Å². The van der Waals surface area contributed by atoms with E-state index in [2.05, 4.69) is 15.3 Å². The summed E-state index contributed by atoms with van der Waals surface area (Å²) >= 11 is 1.51. The molecule has 0 radical (unpaired) electrons. The second-order valence-electron chi connectivity index (χ2n) is 4.21. The van der Waals surface area contributed by atoms with Gasteiger partial charge in [0.25, 0.3) is 5.91 Å². The molecule has 2 aromatic heterocycles. The third kappa shape index (κ3) is 2.95. The van der Waals surface area contributed by atoms with E-state index in [1.54, 1.807) is 18.3 Å². The zero-order chi connectivity index (χ0) is 14.7. The number of thiazole rings is 1. The summed E-state index contributed by atoms with van der Waals surface area (Å²) in [6.45, 7) is 0. The number of pyridine rings is 1. The van der Waals surface area contributed by atoms with Crippen LogP contribution in [0.3, 0.4) is 0 Å². The normalized spacial score (nSPS) is 10.3. The molecule has 0 aliphatic carbocycles. The summed E-state index contributed by atoms with van der Waals surface area (Å²) in [4.78, 5) is 19.7. The van der Waals surface area contributed by atoms with Gasteiger partial charge in [-0.25, -0.2) is 9.97 Å². The highest BCUT2D eigenvalue weighted by Crippen LogP contribution is 2.24. The number of halogens is 1. The predicted octanol–water partition coefficient (Wildman–Crippen LogP) is 3.60. The Morgan fingerprint density at radius 1 is 1.14 bits per heavy atom. The highest BCUT2D eigenvalue weighted by atomic mass is 32.1. The van der Waals surface area contributed by atoms with Crippen LogP contribution in [-0.2, 0) is 0 Å². The summed E-state index contributed by atoms with van der Waals surface area (Å²) in [5.74, 6) is -1.32. The first-order valence-corrected chi connectivity index (χ1v) is 7.04. The van der Waals surface area contributed by atoms with Crippen molar-refractivity contribution in [3.63, 3.8) is 0 Å². The van der Waals surface area contributed by atoms with Crippen molar-refractivity contribution >= 4 is 22.9 Å². The lowest BCUT2D eigenvalue weighted by molar-refractivity contribution is 0.102. The lowest BCUT2D eigenvalue weighted by Crippen LogP contribution is -2.14. The molecule has 104 valence electrons. The van der Waals surface area contributed by atoms with Gasteiger partial charge in [-0.05, 0) is 24.3 Å². The van der Waals surface area contributed by atoms with Crippen LogP contribution in [0.4, 0.5) is 10.1 Å². The number of anilines is 1. The van der Waals surface area contributed by atoms with E-state index in [9.17, 15) is 9.18 Å². The molecule has 0 aliphatic heterocycles. The standard InChI is InChI=1S/C15H10FN3OS/c16-13-12(5-2-6-17-13)14(20)19-11-4-1-3-10(9-11)15-18-7-8-21-15/h1-9H,(H,19,20). The molecular weight excluding hydrogens is 289 g/mol. The molecule has 0 aliphatic rings. The highest BCUT2D eigenvalue weighted by Gasteiger charge is 2.12. The third-order valence-electron chi connectivity index (χ3n) is 2.80. The van der Waals surface area contributed by atoms with Gasteiger partial charge in [0.2, 0.25) is 5.95 Å². The van der Waals surface area contributed by atoms with Gasteiger partial charge >= 0.3 is 0 Å². The molecule has 0 fully saturated rings. The van der Waals surface area contributed by atoms with E-state index < -0.39 is 11.9 Å². The molecule has 0 saturated carbocycles. The summed E-state index contributed by atoms with van der Waals surface area (Å²) in [6.07, 6.45) is 3.02. The number of carbonyl (C=O) groups is 1. The molecular formula is C15H10FN3OS. The van der Waals surface area contributed by atoms with Gasteiger partial charge in [0, 0.05) is 29.0 Å². The van der Waals surface area contributed by atoms with Crippen molar-refractivity contribution < 1.29 is 9.18 Å². The largest absolute Gasteiger partial charge is 0.322 e. The van der Waals surface area contributed by atoms with Gasteiger partial charge in [0.05, 0.1) is 5.56 Å². The molecule has 3 rings (SSSR count). The zero-order valence-corrected chi connectivity index (χ0v) is 11.6. The smallest absolute Gasteiger partial charge is 0.260 e. The lowest BCUT2D eigenvalue weighted by atomic mass is 10.2. The molecule has 1 aromatic carbocycles. The fourth-order valence-electron chi connectivity index (χ4n) is 1.85. The average Bonchev–Trinajstić information content (AvgIpc) is 3.02. The maximum atomic E-state index is 13.5. The van der Waals surface area contributed by atoms with Crippen LogP contribution >= 0.6 is 11.3 Å². The Morgan fingerprint density at radius 3 is 2.81 bits per heavy atom. The van der Waals surface area contributed by atoms with Crippen LogP contribution in [0.2, 0.25) is 0 Å². The summed E-state index contributed by atoms with van der Waals surface area (Å²) in [5.41, 5.74) is 1.39. The molecule has 0 unspecified atom stereocenters. The second-order valence-corrected chi connectivity index (χ2v) is 5.11. The van der Waals surface area contributed by atoms with E-state index >= 15 is 0 Å². The lowest BCUT2D eigenvalue weighted by Gasteiger charge is -2.06. The van der Waals surface area contributed by atoms with Crippen LogP contribution < -0.4 is 5.32 Å². The molecule has 0 spiro atoms. The zero-order valence-electron chi connectivity index (χ0n) is 10.8. The van der Waals surface area contributed by atoms with E-state index in [1.165, 1.54) is 29.7 Å². The Hall–Kier alpha value is -2.60. The molecule has 6 heteroatoms. The molecule has 0 saturated heterocycles. The first-order chi connectivity index (χ1) is 10.2. The number of hydrogen-bond donors (Lipinski definition) is 1. The number of rotatable bonds is 3. The Balaban J connectivity index is 1.84. The molecule has 2 heterocycles. The first kappa shape index (κ1) is 13.4. The Morgan fingerprint density at radius 2 is 2.05 bits per heavy atom. The Bertz CT molecular complexity index is 774. The second kappa shape index (κ2) is 5.80. The summed E-state index contributed by atoms with van der Waals surface area (Å²) in [5, 5.41) is 5.40. The monoisotopic (exact) mass is 299 g/mol. The molecule has 21 heavy (non-hydrogen) atoms. The molecule has 0 atom stereocenters. The van der Waals surface area contributed by atoms with Crippen LogP contribution in [0.15, 0.2) is 54.2 Å². The van der Waals surface area contributed by atoms with Gasteiger partial charge in [-0.3, -0.25) is 4.79 Å². The van der Waals surface area contributed by atoms with Crippen molar-refractivity contribution in [2.75, 3.05) is 5.32 Å². The van der Waals surface area contributed by atoms with Crippen LogP contribution in [-0.4, -0.2) is 15.9 Å². The van der Waals surface area contributed by atoms with Crippen LogP contribution in [0.5, 0.6) is 0 Å². The van der Waals surface area contributed by atoms with Crippen molar-refractivity contribution in [2.24, 2.45) is 0 Å². The van der Waals surface area contributed by atoms with E-state index in [0.717, 1.165) is 10.6 Å². The van der Waals surface area contributed by atoms with Crippen LogP contribution in [0.25, 0.3) is 10.6 Å². The van der Waals surface area contributed by atoms with E-state index in [4.69, 9.17) is 0 Å². The molecule has 4 nitrogen and oxygen atoms in total. The fraction of sp³-hybridized carbons (Fsp3) is 0. The number of benzene rings is 1. The van der Waals surface area contributed by atoms with Gasteiger partial charge < -0.3 is 5.32 Å². The average molecular weight is 299 g/mol. The Kier molecular flexibility index (Phi) is 3.70. The minimum atomic E-state index is -0.786. The molecule has 0 bridgehead atoms. The number of aromatic nitrogens is 2. The molecule has 1 amide bonds. The highest BCUT2D eigenvalue weighted by molar-refractivity contribution is 7.13. The number of hydrogen-bond acceptors (Lipinski definition) is 4. The SMILES string of the molecule is O=C(Nc1cccc(-c2nccs2)c1)c1cccnc1F. The molecule has 3 aromatic rings. The minimum absolute atomic E-state index is 0.0860. The summed E-state index contributed by atoms with van der Waals surface area (Å²) in [7, 11) is 0. The number of carbonyl (C=O) groups excluding carboxylic acids is 1. The van der Waals surface area contributed by atoms with E-state index in [0.29, 0.717) is 5.69 Å². The minimum Gasteiger partial charge on any atom is -0.322 e. The summed E-state index contributed by atoms with van der Waals surface area (Å²) in [6, 6.07) is 10.2. The van der Waals surface area contributed by atoms with Crippen LogP contribution in [0.1, 0.15) is 10.4 Å². The maximum absolute atomic E-state index is 13.5. The number of nitrogens with one attached hydrogen (secondary N) is 1. The van der Waals surface area contributed by atoms with Crippen molar-refractivity contribution in [1.82, 2.24) is 9.97 Å². The molecule has 1 N–H and O–H groups in total. The first-order valence-electron chi connectivity index (χ1n) is 6.16.